The van der Waals surface area contributed by atoms with Gasteiger partial charge in [-0.1, -0.05) is 17.8 Å². The van der Waals surface area contributed by atoms with Crippen LogP contribution >= 0.6 is 11.8 Å². The Morgan fingerprint density at radius 3 is 2.97 bits per heavy atom. The SMILES string of the molecule is C=CCn1c(COc2ccc(F)cc2)nnc1S[C@@H](C)C(=O)NC[C@H]1CCCO1. The van der Waals surface area contributed by atoms with Crippen molar-refractivity contribution in [1.29, 1.82) is 0 Å². The summed E-state index contributed by atoms with van der Waals surface area (Å²) in [5.74, 6) is 0.750. The van der Waals surface area contributed by atoms with Crippen LogP contribution in [0, 0.1) is 5.82 Å². The first-order valence-corrected chi connectivity index (χ1v) is 10.4. The monoisotopic (exact) mass is 420 g/mol. The number of allylic oxidation sites excluding steroid dienone is 1. The summed E-state index contributed by atoms with van der Waals surface area (Å²) in [6.45, 7) is 7.55. The molecule has 0 saturated carbocycles. The number of carbonyl (C=O) groups is 1. The topological polar surface area (TPSA) is 78.3 Å². The third-order valence-corrected chi connectivity index (χ3v) is 5.55. The number of ether oxygens (including phenoxy) is 2. The highest BCUT2D eigenvalue weighted by Gasteiger charge is 2.22. The Balaban J connectivity index is 1.58. The molecule has 156 valence electrons. The van der Waals surface area contributed by atoms with E-state index in [0.29, 0.717) is 29.8 Å². The van der Waals surface area contributed by atoms with Gasteiger partial charge < -0.3 is 14.8 Å². The minimum atomic E-state index is -0.338. The van der Waals surface area contributed by atoms with Crippen LogP contribution in [0.1, 0.15) is 25.6 Å². The maximum atomic E-state index is 13.0. The Hall–Kier alpha value is -2.39. The van der Waals surface area contributed by atoms with Gasteiger partial charge in [0.25, 0.3) is 0 Å². The van der Waals surface area contributed by atoms with Gasteiger partial charge in [-0.05, 0) is 44.0 Å². The molecule has 29 heavy (non-hydrogen) atoms. The second-order valence-electron chi connectivity index (χ2n) is 6.68. The number of hydrogen-bond acceptors (Lipinski definition) is 6. The van der Waals surface area contributed by atoms with E-state index in [9.17, 15) is 9.18 Å². The molecule has 0 radical (unpaired) electrons. The minimum absolute atomic E-state index is 0.0669. The van der Waals surface area contributed by atoms with Crippen molar-refractivity contribution in [2.24, 2.45) is 0 Å². The minimum Gasteiger partial charge on any atom is -0.486 e. The van der Waals surface area contributed by atoms with Crippen molar-refractivity contribution in [2.45, 2.75) is 49.4 Å². The molecule has 1 amide bonds. The van der Waals surface area contributed by atoms with Crippen LogP contribution in [0.3, 0.4) is 0 Å². The van der Waals surface area contributed by atoms with Gasteiger partial charge >= 0.3 is 0 Å². The number of nitrogens with zero attached hydrogens (tertiary/aromatic N) is 3. The predicted octanol–water partition coefficient (Wildman–Crippen LogP) is 2.96. The second-order valence-corrected chi connectivity index (χ2v) is 7.99. The molecule has 1 aliphatic heterocycles. The molecule has 1 aromatic heterocycles. The van der Waals surface area contributed by atoms with Gasteiger partial charge in [0.15, 0.2) is 11.0 Å². The number of benzene rings is 1. The highest BCUT2D eigenvalue weighted by molar-refractivity contribution is 8.00. The number of aromatic nitrogens is 3. The van der Waals surface area contributed by atoms with Crippen LogP contribution in [0.15, 0.2) is 42.1 Å². The normalized spacial score (nSPS) is 17.1. The maximum absolute atomic E-state index is 13.0. The Bertz CT molecular complexity index is 822. The summed E-state index contributed by atoms with van der Waals surface area (Å²) < 4.78 is 26.1. The van der Waals surface area contributed by atoms with E-state index < -0.39 is 0 Å². The van der Waals surface area contributed by atoms with E-state index in [1.807, 2.05) is 11.5 Å². The van der Waals surface area contributed by atoms with E-state index in [1.54, 1.807) is 18.2 Å². The van der Waals surface area contributed by atoms with E-state index >= 15 is 0 Å². The highest BCUT2D eigenvalue weighted by Crippen LogP contribution is 2.23. The van der Waals surface area contributed by atoms with Crippen LogP contribution < -0.4 is 10.1 Å². The Labute approximate surface area is 173 Å². The largest absolute Gasteiger partial charge is 0.486 e. The first-order chi connectivity index (χ1) is 14.1. The molecule has 1 N–H and O–H groups in total. The zero-order valence-electron chi connectivity index (χ0n) is 16.3. The number of amides is 1. The van der Waals surface area contributed by atoms with Crippen LogP contribution in [-0.4, -0.2) is 45.2 Å². The Kier molecular flexibility index (Phi) is 7.65. The van der Waals surface area contributed by atoms with Crippen molar-refractivity contribution in [3.8, 4) is 5.75 Å². The summed E-state index contributed by atoms with van der Waals surface area (Å²) in [5.41, 5.74) is 0. The molecule has 9 heteroatoms. The van der Waals surface area contributed by atoms with Crippen molar-refractivity contribution >= 4 is 17.7 Å². The van der Waals surface area contributed by atoms with Crippen LogP contribution in [0.25, 0.3) is 0 Å². The predicted molar refractivity (Wildman–Crippen MR) is 108 cm³/mol. The summed E-state index contributed by atoms with van der Waals surface area (Å²) in [6.07, 6.45) is 3.86. The van der Waals surface area contributed by atoms with Crippen molar-refractivity contribution in [3.05, 3.63) is 48.6 Å². The van der Waals surface area contributed by atoms with Gasteiger partial charge in [0.2, 0.25) is 5.91 Å². The zero-order chi connectivity index (χ0) is 20.6. The third-order valence-electron chi connectivity index (χ3n) is 4.47. The quantitative estimate of drug-likeness (QED) is 0.470. The van der Waals surface area contributed by atoms with Crippen molar-refractivity contribution in [2.75, 3.05) is 13.2 Å². The number of carbonyl (C=O) groups excluding carboxylic acids is 1. The van der Waals surface area contributed by atoms with Crippen LogP contribution in [0.2, 0.25) is 0 Å². The fraction of sp³-hybridized carbons (Fsp3) is 0.450. The lowest BCUT2D eigenvalue weighted by Gasteiger charge is -2.15. The molecule has 0 spiro atoms. The zero-order valence-corrected chi connectivity index (χ0v) is 17.2. The fourth-order valence-corrected chi connectivity index (χ4v) is 3.78. The number of nitrogens with one attached hydrogen (secondary N) is 1. The number of thioether (sulfide) groups is 1. The number of halogens is 1. The average Bonchev–Trinajstić information content (AvgIpc) is 3.37. The molecule has 2 aromatic rings. The molecule has 2 heterocycles. The molecular formula is C20H25FN4O3S. The van der Waals surface area contributed by atoms with Gasteiger partial charge in [-0.2, -0.15) is 0 Å². The molecule has 1 fully saturated rings. The first kappa shape index (κ1) is 21.3. The fourth-order valence-electron chi connectivity index (χ4n) is 2.88. The summed E-state index contributed by atoms with van der Waals surface area (Å²) in [7, 11) is 0. The summed E-state index contributed by atoms with van der Waals surface area (Å²) in [4.78, 5) is 12.4. The lowest BCUT2D eigenvalue weighted by molar-refractivity contribution is -0.120. The van der Waals surface area contributed by atoms with Crippen molar-refractivity contribution in [1.82, 2.24) is 20.1 Å². The summed E-state index contributed by atoms with van der Waals surface area (Å²) in [5, 5.41) is 11.6. The Morgan fingerprint density at radius 1 is 1.48 bits per heavy atom. The molecule has 0 bridgehead atoms. The molecule has 0 aliphatic carbocycles. The maximum Gasteiger partial charge on any atom is 0.233 e. The van der Waals surface area contributed by atoms with Crippen LogP contribution in [0.5, 0.6) is 5.75 Å². The molecular weight excluding hydrogens is 395 g/mol. The van der Waals surface area contributed by atoms with Gasteiger partial charge in [0, 0.05) is 19.7 Å². The summed E-state index contributed by atoms with van der Waals surface area (Å²) >= 11 is 1.33. The average molecular weight is 421 g/mol. The second kappa shape index (κ2) is 10.4. The lowest BCUT2D eigenvalue weighted by Crippen LogP contribution is -2.36. The third kappa shape index (κ3) is 6.04. The van der Waals surface area contributed by atoms with E-state index in [4.69, 9.17) is 9.47 Å². The molecule has 7 nitrogen and oxygen atoms in total. The van der Waals surface area contributed by atoms with Crippen molar-refractivity contribution < 1.29 is 18.7 Å². The Morgan fingerprint density at radius 2 is 2.28 bits per heavy atom. The van der Waals surface area contributed by atoms with Crippen LogP contribution in [0.4, 0.5) is 4.39 Å². The van der Waals surface area contributed by atoms with E-state index in [0.717, 1.165) is 19.4 Å². The van der Waals surface area contributed by atoms with E-state index in [-0.39, 0.29) is 29.7 Å². The highest BCUT2D eigenvalue weighted by atomic mass is 32.2. The van der Waals surface area contributed by atoms with Crippen molar-refractivity contribution in [3.63, 3.8) is 0 Å². The van der Waals surface area contributed by atoms with E-state index in [1.165, 1.54) is 23.9 Å². The first-order valence-electron chi connectivity index (χ1n) is 9.54. The molecule has 1 aliphatic rings. The van der Waals surface area contributed by atoms with Gasteiger partial charge in [-0.3, -0.25) is 9.36 Å². The standard InChI is InChI=1S/C20H25FN4O3S/c1-3-10-25-18(13-28-16-8-6-15(21)7-9-16)23-24-20(25)29-14(2)19(26)22-12-17-5-4-11-27-17/h3,6-9,14,17H,1,4-5,10-13H2,2H3,(H,22,26)/t14-,17+/m0/s1. The molecule has 2 atom stereocenters. The van der Waals surface area contributed by atoms with Gasteiger partial charge in [0.1, 0.15) is 18.2 Å². The smallest absolute Gasteiger partial charge is 0.233 e. The van der Waals surface area contributed by atoms with E-state index in [2.05, 4.69) is 22.1 Å². The van der Waals surface area contributed by atoms with Crippen LogP contribution in [-0.2, 0) is 22.7 Å². The molecule has 0 unspecified atom stereocenters. The van der Waals surface area contributed by atoms with Gasteiger partial charge in [-0.25, -0.2) is 4.39 Å². The molecule has 3 rings (SSSR count). The lowest BCUT2D eigenvalue weighted by atomic mass is 10.2. The van der Waals surface area contributed by atoms with Gasteiger partial charge in [-0.15, -0.1) is 16.8 Å². The number of rotatable bonds is 10. The molecule has 1 aromatic carbocycles. The van der Waals surface area contributed by atoms with Gasteiger partial charge in [0.05, 0.1) is 11.4 Å². The summed E-state index contributed by atoms with van der Waals surface area (Å²) in [6, 6.07) is 5.78. The molecule has 1 saturated heterocycles. The number of hydrogen-bond donors (Lipinski definition) is 1.